The summed E-state index contributed by atoms with van der Waals surface area (Å²) in [5.41, 5.74) is -0.449. The smallest absolute Gasteiger partial charge is 0.293 e. The number of rotatable bonds is 6. The fourth-order valence-corrected chi connectivity index (χ4v) is 3.24. The fraction of sp³-hybridized carbons (Fsp3) is 0.176. The van der Waals surface area contributed by atoms with Gasteiger partial charge in [0.2, 0.25) is 0 Å². The molecule has 0 radical (unpaired) electrons. The van der Waals surface area contributed by atoms with E-state index in [1.54, 1.807) is 18.2 Å². The maximum atomic E-state index is 12.5. The van der Waals surface area contributed by atoms with E-state index in [2.05, 4.69) is 0 Å². The van der Waals surface area contributed by atoms with Crippen molar-refractivity contribution < 1.29 is 24.1 Å². The van der Waals surface area contributed by atoms with Gasteiger partial charge >= 0.3 is 0 Å². The minimum atomic E-state index is -1.11. The van der Waals surface area contributed by atoms with Crippen molar-refractivity contribution in [2.24, 2.45) is 0 Å². The minimum Gasteiger partial charge on any atom is -0.347 e. The van der Waals surface area contributed by atoms with Crippen LogP contribution in [0.15, 0.2) is 59.5 Å². The molecule has 0 saturated carbocycles. The summed E-state index contributed by atoms with van der Waals surface area (Å²) >= 11 is 0.868. The zero-order valence-corrected chi connectivity index (χ0v) is 14.3. The summed E-state index contributed by atoms with van der Waals surface area (Å²) < 4.78 is 5.24. The first-order valence-corrected chi connectivity index (χ1v) is 8.49. The second kappa shape index (κ2) is 8.09. The molecule has 1 fully saturated rings. The van der Waals surface area contributed by atoms with Gasteiger partial charge in [-0.15, -0.1) is 5.06 Å². The van der Waals surface area contributed by atoms with Crippen LogP contribution in [0.5, 0.6) is 0 Å². The van der Waals surface area contributed by atoms with E-state index in [0.29, 0.717) is 5.06 Å². The first kappa shape index (κ1) is 18.1. The third-order valence-corrected chi connectivity index (χ3v) is 4.64. The number of nitro groups is 1. The quantitative estimate of drug-likeness (QED) is 0.435. The molecule has 2 aromatic rings. The molecule has 0 aliphatic carbocycles. The van der Waals surface area contributed by atoms with Gasteiger partial charge in [-0.05, 0) is 11.6 Å². The molecular formula is C17H14N2O6S. The molecule has 1 saturated heterocycles. The van der Waals surface area contributed by atoms with E-state index in [1.165, 1.54) is 18.2 Å². The Labute approximate surface area is 152 Å². The van der Waals surface area contributed by atoms with Crippen molar-refractivity contribution in [2.75, 3.05) is 6.61 Å². The van der Waals surface area contributed by atoms with Crippen LogP contribution in [-0.2, 0) is 25.8 Å². The third-order valence-electron chi connectivity index (χ3n) is 3.49. The molecule has 3 rings (SSSR count). The van der Waals surface area contributed by atoms with Crippen LogP contribution >= 0.6 is 11.8 Å². The summed E-state index contributed by atoms with van der Waals surface area (Å²) in [4.78, 5) is 40.6. The van der Waals surface area contributed by atoms with Crippen LogP contribution in [0.4, 0.5) is 5.69 Å². The predicted octanol–water partition coefficient (Wildman–Crippen LogP) is 2.53. The molecule has 9 heteroatoms. The highest BCUT2D eigenvalue weighted by molar-refractivity contribution is 8.00. The van der Waals surface area contributed by atoms with Crippen molar-refractivity contribution in [2.45, 2.75) is 16.9 Å². The molecule has 0 bridgehead atoms. The molecule has 26 heavy (non-hydrogen) atoms. The second-order valence-corrected chi connectivity index (χ2v) is 6.37. The first-order chi connectivity index (χ1) is 12.6. The number of nitrogens with zero attached hydrogens (tertiary/aromatic N) is 2. The second-order valence-electron chi connectivity index (χ2n) is 5.27. The summed E-state index contributed by atoms with van der Waals surface area (Å²) in [6.07, 6.45) is 0. The van der Waals surface area contributed by atoms with Gasteiger partial charge in [0.15, 0.2) is 5.44 Å². The Morgan fingerprint density at radius 2 is 1.85 bits per heavy atom. The number of ether oxygens (including phenoxy) is 1. The largest absolute Gasteiger partial charge is 0.347 e. The van der Waals surface area contributed by atoms with Crippen LogP contribution in [0.1, 0.15) is 5.56 Å². The number of thioether (sulfide) groups is 1. The normalized spacial score (nSPS) is 17.4. The average Bonchev–Trinajstić information content (AvgIpc) is 2.65. The average molecular weight is 374 g/mol. The topological polar surface area (TPSA) is 99.0 Å². The number of morpholine rings is 1. The lowest BCUT2D eigenvalue weighted by Gasteiger charge is -2.29. The lowest BCUT2D eigenvalue weighted by Crippen LogP contribution is -2.49. The number of hydroxylamine groups is 2. The third kappa shape index (κ3) is 4.07. The van der Waals surface area contributed by atoms with Crippen molar-refractivity contribution in [1.29, 1.82) is 0 Å². The van der Waals surface area contributed by atoms with Crippen LogP contribution in [-0.4, -0.2) is 33.8 Å². The van der Waals surface area contributed by atoms with Crippen LogP contribution < -0.4 is 0 Å². The van der Waals surface area contributed by atoms with Crippen LogP contribution in [0.3, 0.4) is 0 Å². The van der Waals surface area contributed by atoms with Crippen molar-refractivity contribution in [1.82, 2.24) is 5.06 Å². The number of nitro benzene ring substituents is 1. The number of hydrogen-bond donors (Lipinski definition) is 0. The van der Waals surface area contributed by atoms with E-state index in [-0.39, 0.29) is 23.8 Å². The Bertz CT molecular complexity index is 829. The summed E-state index contributed by atoms with van der Waals surface area (Å²) in [6, 6.07) is 15.1. The molecule has 0 N–H and O–H groups in total. The summed E-state index contributed by atoms with van der Waals surface area (Å²) in [6.45, 7) is -0.306. The molecule has 2 amide bonds. The van der Waals surface area contributed by atoms with Gasteiger partial charge in [0, 0.05) is 6.07 Å². The van der Waals surface area contributed by atoms with Gasteiger partial charge in [0.25, 0.3) is 17.5 Å². The van der Waals surface area contributed by atoms with Crippen LogP contribution in [0.25, 0.3) is 0 Å². The van der Waals surface area contributed by atoms with E-state index in [1.807, 2.05) is 18.2 Å². The first-order valence-electron chi connectivity index (χ1n) is 7.61. The Morgan fingerprint density at radius 1 is 1.15 bits per heavy atom. The monoisotopic (exact) mass is 374 g/mol. The summed E-state index contributed by atoms with van der Waals surface area (Å²) in [5, 5.41) is 11.8. The fourth-order valence-electron chi connectivity index (χ4n) is 2.25. The van der Waals surface area contributed by atoms with Gasteiger partial charge in [0.05, 0.1) is 9.82 Å². The molecule has 1 unspecified atom stereocenters. The molecule has 2 aromatic carbocycles. The molecule has 1 heterocycles. The highest BCUT2D eigenvalue weighted by Crippen LogP contribution is 2.34. The summed E-state index contributed by atoms with van der Waals surface area (Å²) in [5.74, 6) is -1.33. The van der Waals surface area contributed by atoms with Gasteiger partial charge in [-0.25, -0.2) is 0 Å². The zero-order chi connectivity index (χ0) is 18.5. The number of carbonyl (C=O) groups excluding carboxylic acids is 2. The zero-order valence-electron chi connectivity index (χ0n) is 13.4. The van der Waals surface area contributed by atoms with Crippen molar-refractivity contribution >= 4 is 29.3 Å². The van der Waals surface area contributed by atoms with Gasteiger partial charge in [0.1, 0.15) is 13.2 Å². The van der Waals surface area contributed by atoms with E-state index in [9.17, 15) is 19.7 Å². The highest BCUT2D eigenvalue weighted by atomic mass is 32.2. The van der Waals surface area contributed by atoms with Gasteiger partial charge in [-0.1, -0.05) is 54.2 Å². The van der Waals surface area contributed by atoms with Gasteiger partial charge < -0.3 is 4.74 Å². The van der Waals surface area contributed by atoms with Crippen molar-refractivity contribution in [3.63, 3.8) is 0 Å². The van der Waals surface area contributed by atoms with Gasteiger partial charge in [-0.2, -0.15) is 0 Å². The van der Waals surface area contributed by atoms with Gasteiger partial charge in [-0.3, -0.25) is 24.5 Å². The number of amides is 2. The standard InChI is InChI=1S/C17H14N2O6S/c20-15-11-24-17(26-14-9-5-4-8-13(14)19(22)23)16(21)18(15)25-10-12-6-2-1-3-7-12/h1-9,17H,10-11H2. The van der Waals surface area contributed by atoms with Crippen LogP contribution in [0, 0.1) is 10.1 Å². The van der Waals surface area contributed by atoms with Crippen molar-refractivity contribution in [3.05, 3.63) is 70.3 Å². The van der Waals surface area contributed by atoms with E-state index < -0.39 is 22.2 Å². The molecule has 1 aliphatic rings. The Hall–Kier alpha value is -2.75. The summed E-state index contributed by atoms with van der Waals surface area (Å²) in [7, 11) is 0. The molecule has 0 aromatic heterocycles. The van der Waals surface area contributed by atoms with E-state index in [0.717, 1.165) is 17.3 Å². The molecule has 1 aliphatic heterocycles. The number of carbonyl (C=O) groups is 2. The van der Waals surface area contributed by atoms with Crippen LogP contribution in [0.2, 0.25) is 0 Å². The minimum absolute atomic E-state index is 0.0428. The number of hydrogen-bond acceptors (Lipinski definition) is 7. The maximum Gasteiger partial charge on any atom is 0.293 e. The lowest BCUT2D eigenvalue weighted by molar-refractivity contribution is -0.387. The molecule has 134 valence electrons. The maximum absolute atomic E-state index is 12.5. The Morgan fingerprint density at radius 3 is 2.58 bits per heavy atom. The Kier molecular flexibility index (Phi) is 5.61. The SMILES string of the molecule is O=C1COC(Sc2ccccc2[N+](=O)[O-])C(=O)N1OCc1ccccc1. The van der Waals surface area contributed by atoms with E-state index in [4.69, 9.17) is 9.57 Å². The molecule has 1 atom stereocenters. The lowest BCUT2D eigenvalue weighted by atomic mass is 10.2. The highest BCUT2D eigenvalue weighted by Gasteiger charge is 2.38. The predicted molar refractivity (Wildman–Crippen MR) is 91.8 cm³/mol. The number of para-hydroxylation sites is 1. The number of imide groups is 1. The van der Waals surface area contributed by atoms with Crippen molar-refractivity contribution in [3.8, 4) is 0 Å². The molecule has 8 nitrogen and oxygen atoms in total. The molecule has 0 spiro atoms. The Balaban J connectivity index is 1.71. The molecular weight excluding hydrogens is 360 g/mol. The number of benzene rings is 2. The van der Waals surface area contributed by atoms with E-state index >= 15 is 0 Å².